The molecule has 1 aromatic rings. The molecule has 1 aromatic carbocycles. The van der Waals surface area contributed by atoms with Crippen molar-refractivity contribution in [2.24, 2.45) is 5.73 Å². The average Bonchev–Trinajstić information content (AvgIpc) is 2.43. The van der Waals surface area contributed by atoms with Crippen LogP contribution in [0.5, 0.6) is 0 Å². The van der Waals surface area contributed by atoms with Gasteiger partial charge in [-0.3, -0.25) is 4.79 Å². The quantitative estimate of drug-likeness (QED) is 0.879. The van der Waals surface area contributed by atoms with Crippen LogP contribution in [0.1, 0.15) is 30.9 Å². The molecule has 1 aliphatic rings. The minimum atomic E-state index is 0.0845. The van der Waals surface area contributed by atoms with Gasteiger partial charge in [0, 0.05) is 12.6 Å². The molecule has 98 valence electrons. The average molecular weight is 246 g/mol. The van der Waals surface area contributed by atoms with E-state index in [1.54, 1.807) is 0 Å². The van der Waals surface area contributed by atoms with E-state index >= 15 is 0 Å². The van der Waals surface area contributed by atoms with Gasteiger partial charge in [-0.15, -0.1) is 0 Å². The third-order valence-corrected chi connectivity index (χ3v) is 3.72. The van der Waals surface area contributed by atoms with Gasteiger partial charge in [-0.05, 0) is 36.8 Å². The number of amides is 1. The molecular weight excluding hydrogens is 224 g/mol. The molecule has 0 aromatic heterocycles. The molecule has 2 rings (SSSR count). The summed E-state index contributed by atoms with van der Waals surface area (Å²) < 4.78 is 0. The Labute approximate surface area is 109 Å². The highest BCUT2D eigenvalue weighted by Gasteiger charge is 2.26. The molecule has 1 amide bonds. The van der Waals surface area contributed by atoms with E-state index in [1.165, 1.54) is 11.1 Å². The second kappa shape index (κ2) is 6.01. The van der Waals surface area contributed by atoms with Crippen molar-refractivity contribution in [3.63, 3.8) is 0 Å². The molecule has 1 atom stereocenters. The molecule has 1 unspecified atom stereocenters. The lowest BCUT2D eigenvalue weighted by molar-refractivity contribution is -0.132. The summed E-state index contributed by atoms with van der Waals surface area (Å²) in [6, 6.07) is 8.87. The van der Waals surface area contributed by atoms with Crippen molar-refractivity contribution in [1.29, 1.82) is 0 Å². The Balaban J connectivity index is 2.12. The van der Waals surface area contributed by atoms with Gasteiger partial charge in [0.25, 0.3) is 0 Å². The van der Waals surface area contributed by atoms with Crippen molar-refractivity contribution >= 4 is 5.91 Å². The fourth-order valence-electron chi connectivity index (χ4n) is 2.81. The number of hydrogen-bond donors (Lipinski definition) is 1. The fraction of sp³-hybridized carbons (Fsp3) is 0.533. The number of carbonyl (C=O) groups is 1. The van der Waals surface area contributed by atoms with Crippen molar-refractivity contribution in [2.75, 3.05) is 13.1 Å². The maximum atomic E-state index is 11.9. The second-order valence-corrected chi connectivity index (χ2v) is 4.96. The lowest BCUT2D eigenvalue weighted by Gasteiger charge is -2.35. The van der Waals surface area contributed by atoms with Crippen LogP contribution in [-0.2, 0) is 17.6 Å². The smallest absolute Gasteiger partial charge is 0.236 e. The van der Waals surface area contributed by atoms with Gasteiger partial charge < -0.3 is 10.6 Å². The summed E-state index contributed by atoms with van der Waals surface area (Å²) in [5.74, 6) is 0.0845. The molecule has 0 radical (unpaired) electrons. The molecule has 3 heteroatoms. The Hall–Kier alpha value is -1.35. The van der Waals surface area contributed by atoms with Crippen LogP contribution in [0.3, 0.4) is 0 Å². The standard InChI is InChI=1S/C15H22N2O/c1-2-9-17(15(18)11-16)14-8-7-12-5-3-4-6-13(12)10-14/h3-6,14H,2,7-11,16H2,1H3. The first-order chi connectivity index (χ1) is 8.76. The summed E-state index contributed by atoms with van der Waals surface area (Å²) in [5.41, 5.74) is 8.34. The lowest BCUT2D eigenvalue weighted by Crippen LogP contribution is -2.46. The van der Waals surface area contributed by atoms with Crippen LogP contribution < -0.4 is 5.73 Å². The summed E-state index contributed by atoms with van der Waals surface area (Å²) >= 11 is 0. The molecule has 0 fully saturated rings. The highest BCUT2D eigenvalue weighted by atomic mass is 16.2. The Morgan fingerprint density at radius 1 is 1.39 bits per heavy atom. The van der Waals surface area contributed by atoms with Crippen LogP contribution in [-0.4, -0.2) is 29.9 Å². The van der Waals surface area contributed by atoms with Crippen LogP contribution in [0.4, 0.5) is 0 Å². The number of carbonyl (C=O) groups excluding carboxylic acids is 1. The third-order valence-electron chi connectivity index (χ3n) is 3.72. The van der Waals surface area contributed by atoms with Gasteiger partial charge in [0.05, 0.1) is 6.54 Å². The minimum Gasteiger partial charge on any atom is -0.338 e. The Bertz CT molecular complexity index is 417. The van der Waals surface area contributed by atoms with Crippen LogP contribution in [0.15, 0.2) is 24.3 Å². The van der Waals surface area contributed by atoms with Crippen LogP contribution in [0.2, 0.25) is 0 Å². The fourth-order valence-corrected chi connectivity index (χ4v) is 2.81. The van der Waals surface area contributed by atoms with E-state index in [0.29, 0.717) is 6.04 Å². The predicted octanol–water partition coefficient (Wildman–Crippen LogP) is 1.74. The molecule has 0 aliphatic heterocycles. The van der Waals surface area contributed by atoms with E-state index < -0.39 is 0 Å². The normalized spacial score (nSPS) is 18.2. The van der Waals surface area contributed by atoms with E-state index in [2.05, 4.69) is 31.2 Å². The molecule has 1 aliphatic carbocycles. The first-order valence-corrected chi connectivity index (χ1v) is 6.82. The molecule has 0 saturated carbocycles. The number of rotatable bonds is 4. The summed E-state index contributed by atoms with van der Waals surface area (Å²) in [6.07, 6.45) is 4.09. The summed E-state index contributed by atoms with van der Waals surface area (Å²) in [4.78, 5) is 13.9. The molecule has 2 N–H and O–H groups in total. The highest BCUT2D eigenvalue weighted by Crippen LogP contribution is 2.24. The molecule has 18 heavy (non-hydrogen) atoms. The third kappa shape index (κ3) is 2.72. The zero-order valence-corrected chi connectivity index (χ0v) is 11.1. The number of nitrogens with two attached hydrogens (primary N) is 1. The maximum absolute atomic E-state index is 11.9. The van der Waals surface area contributed by atoms with Gasteiger partial charge in [0.15, 0.2) is 0 Å². The zero-order chi connectivity index (χ0) is 13.0. The van der Waals surface area contributed by atoms with Gasteiger partial charge in [0.2, 0.25) is 5.91 Å². The molecule has 3 nitrogen and oxygen atoms in total. The van der Waals surface area contributed by atoms with Gasteiger partial charge in [-0.1, -0.05) is 31.2 Å². The molecule has 0 saturated heterocycles. The van der Waals surface area contributed by atoms with E-state index in [-0.39, 0.29) is 12.5 Å². The SMILES string of the molecule is CCCN(C(=O)CN)C1CCc2ccccc2C1. The monoisotopic (exact) mass is 246 g/mol. The van der Waals surface area contributed by atoms with Gasteiger partial charge in [-0.25, -0.2) is 0 Å². The molecule has 0 spiro atoms. The lowest BCUT2D eigenvalue weighted by atomic mass is 9.87. The number of benzene rings is 1. The number of hydrogen-bond acceptors (Lipinski definition) is 2. The minimum absolute atomic E-state index is 0.0845. The molecular formula is C15H22N2O. The predicted molar refractivity (Wildman–Crippen MR) is 73.3 cm³/mol. The van der Waals surface area contributed by atoms with Gasteiger partial charge >= 0.3 is 0 Å². The first kappa shape index (κ1) is 13.1. The summed E-state index contributed by atoms with van der Waals surface area (Å²) in [6.45, 7) is 3.05. The van der Waals surface area contributed by atoms with Crippen molar-refractivity contribution in [2.45, 2.75) is 38.6 Å². The van der Waals surface area contributed by atoms with E-state index in [1.807, 2.05) is 4.90 Å². The number of nitrogens with zero attached hydrogens (tertiary/aromatic N) is 1. The van der Waals surface area contributed by atoms with E-state index in [0.717, 1.165) is 32.2 Å². The molecule has 0 bridgehead atoms. The Morgan fingerprint density at radius 3 is 2.78 bits per heavy atom. The van der Waals surface area contributed by atoms with Crippen molar-refractivity contribution in [3.05, 3.63) is 35.4 Å². The van der Waals surface area contributed by atoms with Crippen LogP contribution in [0.25, 0.3) is 0 Å². The van der Waals surface area contributed by atoms with Crippen molar-refractivity contribution < 1.29 is 4.79 Å². The van der Waals surface area contributed by atoms with E-state index in [9.17, 15) is 4.79 Å². The van der Waals surface area contributed by atoms with Crippen molar-refractivity contribution in [1.82, 2.24) is 4.90 Å². The first-order valence-electron chi connectivity index (χ1n) is 6.82. The van der Waals surface area contributed by atoms with Gasteiger partial charge in [0.1, 0.15) is 0 Å². The topological polar surface area (TPSA) is 46.3 Å². The molecule has 0 heterocycles. The second-order valence-electron chi connectivity index (χ2n) is 4.96. The Morgan fingerprint density at radius 2 is 2.11 bits per heavy atom. The maximum Gasteiger partial charge on any atom is 0.236 e. The largest absolute Gasteiger partial charge is 0.338 e. The van der Waals surface area contributed by atoms with Crippen LogP contribution >= 0.6 is 0 Å². The number of aryl methyl sites for hydroxylation is 1. The summed E-state index contributed by atoms with van der Waals surface area (Å²) in [7, 11) is 0. The van der Waals surface area contributed by atoms with Gasteiger partial charge in [-0.2, -0.15) is 0 Å². The zero-order valence-electron chi connectivity index (χ0n) is 11.1. The van der Waals surface area contributed by atoms with E-state index in [4.69, 9.17) is 5.73 Å². The number of fused-ring (bicyclic) bond motifs is 1. The van der Waals surface area contributed by atoms with Crippen molar-refractivity contribution in [3.8, 4) is 0 Å². The Kier molecular flexibility index (Phi) is 4.37. The summed E-state index contributed by atoms with van der Waals surface area (Å²) in [5, 5.41) is 0. The highest BCUT2D eigenvalue weighted by molar-refractivity contribution is 5.78. The van der Waals surface area contributed by atoms with Crippen LogP contribution in [0, 0.1) is 0 Å².